The van der Waals surface area contributed by atoms with Gasteiger partial charge in [-0.2, -0.15) is 0 Å². The lowest BCUT2D eigenvalue weighted by atomic mass is 10.1. The molecule has 7 nitrogen and oxygen atoms in total. The molecule has 1 aliphatic heterocycles. The summed E-state index contributed by atoms with van der Waals surface area (Å²) in [7, 11) is -0.570. The summed E-state index contributed by atoms with van der Waals surface area (Å²) >= 11 is 0. The molecule has 0 unspecified atom stereocenters. The maximum atomic E-state index is 12.6. The van der Waals surface area contributed by atoms with Crippen LogP contribution in [0.2, 0.25) is 0 Å². The van der Waals surface area contributed by atoms with Crippen molar-refractivity contribution in [2.24, 2.45) is 0 Å². The fourth-order valence-corrected chi connectivity index (χ4v) is 3.60. The average Bonchev–Trinajstić information content (AvgIpc) is 2.61. The molecule has 138 valence electrons. The van der Waals surface area contributed by atoms with E-state index in [1.807, 2.05) is 6.92 Å². The number of piperazine rings is 1. The summed E-state index contributed by atoms with van der Waals surface area (Å²) < 4.78 is 25.3. The molecule has 2 rings (SSSR count). The van der Waals surface area contributed by atoms with E-state index in [-0.39, 0.29) is 16.7 Å². The van der Waals surface area contributed by atoms with Crippen molar-refractivity contribution in [2.75, 3.05) is 40.3 Å². The molecule has 25 heavy (non-hydrogen) atoms. The van der Waals surface area contributed by atoms with E-state index in [1.54, 1.807) is 9.80 Å². The van der Waals surface area contributed by atoms with Crippen molar-refractivity contribution in [1.82, 2.24) is 14.1 Å². The third kappa shape index (κ3) is 4.38. The van der Waals surface area contributed by atoms with E-state index < -0.39 is 10.0 Å². The van der Waals surface area contributed by atoms with Gasteiger partial charge < -0.3 is 9.80 Å². The molecule has 0 bridgehead atoms. The molecule has 0 aromatic heterocycles. The van der Waals surface area contributed by atoms with Gasteiger partial charge in [-0.15, -0.1) is 0 Å². The van der Waals surface area contributed by atoms with Gasteiger partial charge in [0.15, 0.2) is 0 Å². The number of carbonyl (C=O) groups is 2. The Morgan fingerprint density at radius 3 is 2.00 bits per heavy atom. The molecule has 0 atom stereocenters. The Morgan fingerprint density at radius 2 is 1.52 bits per heavy atom. The third-order valence-corrected chi connectivity index (χ3v) is 6.09. The number of hydrogen-bond acceptors (Lipinski definition) is 4. The predicted octanol–water partition coefficient (Wildman–Crippen LogP) is 1.02. The fraction of sp³-hybridized carbons (Fsp3) is 0.529. The Hall–Kier alpha value is -1.93. The Kier molecular flexibility index (Phi) is 6.18. The van der Waals surface area contributed by atoms with Crippen LogP contribution in [0, 0.1) is 0 Å². The van der Waals surface area contributed by atoms with Crippen molar-refractivity contribution >= 4 is 21.8 Å². The minimum atomic E-state index is -3.50. The molecule has 2 amide bonds. The lowest BCUT2D eigenvalue weighted by molar-refractivity contribution is -0.132. The molecule has 0 saturated carbocycles. The normalized spacial score (nSPS) is 15.5. The lowest BCUT2D eigenvalue weighted by Gasteiger charge is -2.34. The van der Waals surface area contributed by atoms with Gasteiger partial charge in [0.25, 0.3) is 5.91 Å². The second kappa shape index (κ2) is 7.97. The van der Waals surface area contributed by atoms with Crippen LogP contribution >= 0.6 is 0 Å². The Labute approximate surface area is 149 Å². The molecule has 1 saturated heterocycles. The molecule has 0 aliphatic carbocycles. The molecule has 0 radical (unpaired) electrons. The van der Waals surface area contributed by atoms with Gasteiger partial charge in [0, 0.05) is 52.3 Å². The van der Waals surface area contributed by atoms with Crippen LogP contribution < -0.4 is 0 Å². The van der Waals surface area contributed by atoms with Gasteiger partial charge in [0.2, 0.25) is 15.9 Å². The summed E-state index contributed by atoms with van der Waals surface area (Å²) in [5.74, 6) is -0.00997. The second-order valence-electron chi connectivity index (χ2n) is 6.23. The van der Waals surface area contributed by atoms with Crippen molar-refractivity contribution in [2.45, 2.75) is 24.7 Å². The number of carbonyl (C=O) groups excluding carboxylic acids is 2. The monoisotopic (exact) mass is 367 g/mol. The molecule has 1 aliphatic rings. The summed E-state index contributed by atoms with van der Waals surface area (Å²) in [6.07, 6.45) is 1.36. The third-order valence-electron chi connectivity index (χ3n) is 4.26. The topological polar surface area (TPSA) is 78.0 Å². The van der Waals surface area contributed by atoms with Crippen LogP contribution in [-0.4, -0.2) is 74.6 Å². The summed E-state index contributed by atoms with van der Waals surface area (Å²) in [4.78, 5) is 28.1. The number of sulfonamides is 1. The van der Waals surface area contributed by atoms with Crippen LogP contribution in [0.15, 0.2) is 29.2 Å². The summed E-state index contributed by atoms with van der Waals surface area (Å²) in [5.41, 5.74) is 0.450. The van der Waals surface area contributed by atoms with Gasteiger partial charge in [-0.25, -0.2) is 12.7 Å². The van der Waals surface area contributed by atoms with Gasteiger partial charge in [0.1, 0.15) is 0 Å². The minimum Gasteiger partial charge on any atom is -0.339 e. The maximum Gasteiger partial charge on any atom is 0.253 e. The number of nitrogens with zero attached hydrogens (tertiary/aromatic N) is 3. The quantitative estimate of drug-likeness (QED) is 0.778. The Bertz CT molecular complexity index is 721. The summed E-state index contributed by atoms with van der Waals surface area (Å²) in [5, 5.41) is 0. The Morgan fingerprint density at radius 1 is 1.00 bits per heavy atom. The maximum absolute atomic E-state index is 12.6. The molecular formula is C17H25N3O4S. The summed E-state index contributed by atoms with van der Waals surface area (Å²) in [6, 6.07) is 5.97. The first kappa shape index (κ1) is 19.4. The van der Waals surface area contributed by atoms with Gasteiger partial charge >= 0.3 is 0 Å². The number of rotatable bonds is 5. The van der Waals surface area contributed by atoms with Crippen molar-refractivity contribution in [3.8, 4) is 0 Å². The molecule has 0 N–H and O–H groups in total. The van der Waals surface area contributed by atoms with E-state index in [0.29, 0.717) is 38.2 Å². The molecule has 1 fully saturated rings. The van der Waals surface area contributed by atoms with Crippen LogP contribution in [0.3, 0.4) is 0 Å². The van der Waals surface area contributed by atoms with E-state index in [0.717, 1.165) is 10.7 Å². The number of amides is 2. The first-order valence-electron chi connectivity index (χ1n) is 8.37. The van der Waals surface area contributed by atoms with E-state index in [2.05, 4.69) is 0 Å². The highest BCUT2D eigenvalue weighted by molar-refractivity contribution is 7.89. The first-order chi connectivity index (χ1) is 11.8. The zero-order valence-electron chi connectivity index (χ0n) is 14.9. The highest BCUT2D eigenvalue weighted by atomic mass is 32.2. The summed E-state index contributed by atoms with van der Waals surface area (Å²) in [6.45, 7) is 4.03. The van der Waals surface area contributed by atoms with Gasteiger partial charge in [0.05, 0.1) is 4.90 Å². The smallest absolute Gasteiger partial charge is 0.253 e. The lowest BCUT2D eigenvalue weighted by Crippen LogP contribution is -2.50. The van der Waals surface area contributed by atoms with Crippen molar-refractivity contribution in [3.63, 3.8) is 0 Å². The minimum absolute atomic E-state index is 0.132. The van der Waals surface area contributed by atoms with E-state index in [1.165, 1.54) is 38.4 Å². The molecule has 1 aromatic rings. The van der Waals surface area contributed by atoms with Crippen LogP contribution in [0.1, 0.15) is 30.1 Å². The second-order valence-corrected chi connectivity index (χ2v) is 8.39. The van der Waals surface area contributed by atoms with Crippen LogP contribution in [0.25, 0.3) is 0 Å². The standard InChI is InChI=1S/C17H25N3O4S/c1-4-5-16(21)19-10-12-20(13-11-19)17(22)14-6-8-15(9-7-14)25(23,24)18(2)3/h6-9H,4-5,10-13H2,1-3H3. The molecule has 1 heterocycles. The first-order valence-corrected chi connectivity index (χ1v) is 9.81. The van der Waals surface area contributed by atoms with E-state index in [4.69, 9.17) is 0 Å². The Balaban J connectivity index is 2.01. The van der Waals surface area contributed by atoms with Crippen molar-refractivity contribution < 1.29 is 18.0 Å². The van der Waals surface area contributed by atoms with Crippen molar-refractivity contribution in [1.29, 1.82) is 0 Å². The van der Waals surface area contributed by atoms with Gasteiger partial charge in [-0.3, -0.25) is 9.59 Å². The highest BCUT2D eigenvalue weighted by Crippen LogP contribution is 2.16. The number of hydrogen-bond donors (Lipinski definition) is 0. The van der Waals surface area contributed by atoms with Crippen LogP contribution in [0.5, 0.6) is 0 Å². The van der Waals surface area contributed by atoms with E-state index >= 15 is 0 Å². The largest absolute Gasteiger partial charge is 0.339 e. The average molecular weight is 367 g/mol. The predicted molar refractivity (Wildman–Crippen MR) is 94.7 cm³/mol. The molecule has 0 spiro atoms. The fourth-order valence-electron chi connectivity index (χ4n) is 2.69. The van der Waals surface area contributed by atoms with Crippen LogP contribution in [0.4, 0.5) is 0 Å². The van der Waals surface area contributed by atoms with Crippen LogP contribution in [-0.2, 0) is 14.8 Å². The molecular weight excluding hydrogens is 342 g/mol. The van der Waals surface area contributed by atoms with Gasteiger partial charge in [-0.05, 0) is 30.7 Å². The molecule has 8 heteroatoms. The zero-order valence-corrected chi connectivity index (χ0v) is 15.8. The zero-order chi connectivity index (χ0) is 18.6. The van der Waals surface area contributed by atoms with Crippen molar-refractivity contribution in [3.05, 3.63) is 29.8 Å². The van der Waals surface area contributed by atoms with Gasteiger partial charge in [-0.1, -0.05) is 6.92 Å². The number of benzene rings is 1. The molecule has 1 aromatic carbocycles. The highest BCUT2D eigenvalue weighted by Gasteiger charge is 2.25. The SMILES string of the molecule is CCCC(=O)N1CCN(C(=O)c2ccc(S(=O)(=O)N(C)C)cc2)CC1. The van der Waals surface area contributed by atoms with E-state index in [9.17, 15) is 18.0 Å².